The third kappa shape index (κ3) is 11.7. The number of amides is 2. The Morgan fingerprint density at radius 3 is 1.83 bits per heavy atom. The number of hydrogen-bond donors (Lipinski definition) is 6. The Hall–Kier alpha value is -3.61. The SMILES string of the molecule is NC(Cc1ccccc1)C(=O)O.NCC(=O)O.O=C(O)CNN1C(=O)C=CC1=O. The molecule has 0 saturated carbocycles. The lowest BCUT2D eigenvalue weighted by atomic mass is 10.1. The number of rotatable bonds is 7. The summed E-state index contributed by atoms with van der Waals surface area (Å²) < 4.78 is 0. The molecule has 8 N–H and O–H groups in total. The number of carbonyl (C=O) groups excluding carboxylic acids is 2. The third-order valence-electron chi connectivity index (χ3n) is 2.99. The molecule has 1 aliphatic heterocycles. The number of nitrogens with one attached hydrogen (secondary N) is 1. The van der Waals surface area contributed by atoms with E-state index in [2.05, 4.69) is 11.2 Å². The molecule has 2 amide bonds. The van der Waals surface area contributed by atoms with Crippen molar-refractivity contribution >= 4 is 29.7 Å². The number of carbonyl (C=O) groups is 5. The lowest BCUT2D eigenvalue weighted by Crippen LogP contribution is -2.44. The van der Waals surface area contributed by atoms with Crippen molar-refractivity contribution in [3.05, 3.63) is 48.0 Å². The third-order valence-corrected chi connectivity index (χ3v) is 2.99. The zero-order valence-electron chi connectivity index (χ0n) is 15.2. The largest absolute Gasteiger partial charge is 0.480 e. The summed E-state index contributed by atoms with van der Waals surface area (Å²) in [6.07, 6.45) is 2.52. The number of carboxylic acid groups (broad SMARTS) is 3. The van der Waals surface area contributed by atoms with Crippen LogP contribution in [0.5, 0.6) is 0 Å². The van der Waals surface area contributed by atoms with Crippen LogP contribution in [0.25, 0.3) is 0 Å². The molecule has 2 rings (SSSR count). The van der Waals surface area contributed by atoms with Crippen LogP contribution in [0.1, 0.15) is 5.56 Å². The fourth-order valence-electron chi connectivity index (χ4n) is 1.66. The number of hydrazine groups is 1. The standard InChI is InChI=1S/C9H11NO2.C6H6N2O4.C2H5NO2/c10-8(9(11)12)6-7-4-2-1-3-5-7;9-4-1-2-5(10)8(4)7-3-6(11)12;3-1-2(4)5/h1-5,8H,6,10H2,(H,11,12);1-2,7H,3H2,(H,11,12);1,3H2,(H,4,5). The summed E-state index contributed by atoms with van der Waals surface area (Å²) >= 11 is 0. The topological polar surface area (TPSA) is 213 Å². The van der Waals surface area contributed by atoms with Crippen molar-refractivity contribution in [3.8, 4) is 0 Å². The fraction of sp³-hybridized carbons (Fsp3) is 0.235. The highest BCUT2D eigenvalue weighted by molar-refractivity contribution is 6.12. The summed E-state index contributed by atoms with van der Waals surface area (Å²) in [5.74, 6) is -4.17. The van der Waals surface area contributed by atoms with Gasteiger partial charge in [0.1, 0.15) is 12.6 Å². The number of hydrogen-bond acceptors (Lipinski definition) is 8. The van der Waals surface area contributed by atoms with Gasteiger partial charge in [-0.2, -0.15) is 0 Å². The van der Waals surface area contributed by atoms with E-state index >= 15 is 0 Å². The Labute approximate surface area is 165 Å². The van der Waals surface area contributed by atoms with E-state index in [1.54, 1.807) is 0 Å². The quantitative estimate of drug-likeness (QED) is 0.275. The highest BCUT2D eigenvalue weighted by Gasteiger charge is 2.23. The molecule has 1 aromatic rings. The van der Waals surface area contributed by atoms with Crippen LogP contribution in [0, 0.1) is 0 Å². The van der Waals surface area contributed by atoms with E-state index in [1.165, 1.54) is 0 Å². The molecular weight excluding hydrogens is 388 g/mol. The molecule has 12 heteroatoms. The van der Waals surface area contributed by atoms with E-state index in [1.807, 2.05) is 30.3 Å². The summed E-state index contributed by atoms with van der Waals surface area (Å²) in [5, 5.41) is 25.0. The molecule has 1 aliphatic rings. The maximum Gasteiger partial charge on any atom is 0.320 e. The van der Waals surface area contributed by atoms with Crippen molar-refractivity contribution < 1.29 is 39.3 Å². The van der Waals surface area contributed by atoms with E-state index in [0.29, 0.717) is 11.4 Å². The molecule has 0 saturated heterocycles. The van der Waals surface area contributed by atoms with Crippen LogP contribution in [0.3, 0.4) is 0 Å². The van der Waals surface area contributed by atoms with E-state index in [-0.39, 0.29) is 6.54 Å². The molecule has 0 bridgehead atoms. The summed E-state index contributed by atoms with van der Waals surface area (Å²) in [7, 11) is 0. The van der Waals surface area contributed by atoms with Crippen molar-refractivity contribution in [3.63, 3.8) is 0 Å². The highest BCUT2D eigenvalue weighted by Crippen LogP contribution is 2.01. The van der Waals surface area contributed by atoms with Gasteiger partial charge in [-0.15, -0.1) is 0 Å². The first kappa shape index (κ1) is 25.4. The van der Waals surface area contributed by atoms with Gasteiger partial charge in [-0.05, 0) is 12.0 Å². The van der Waals surface area contributed by atoms with Gasteiger partial charge in [0.25, 0.3) is 11.8 Å². The normalized spacial score (nSPS) is 13.0. The number of nitrogens with zero attached hydrogens (tertiary/aromatic N) is 1. The highest BCUT2D eigenvalue weighted by atomic mass is 16.4. The average Bonchev–Trinajstić information content (AvgIpc) is 2.99. The van der Waals surface area contributed by atoms with Gasteiger partial charge in [0.2, 0.25) is 0 Å². The van der Waals surface area contributed by atoms with Gasteiger partial charge >= 0.3 is 17.9 Å². The number of imide groups is 1. The molecule has 0 spiro atoms. The minimum Gasteiger partial charge on any atom is -0.480 e. The van der Waals surface area contributed by atoms with E-state index < -0.39 is 42.3 Å². The molecule has 1 aromatic carbocycles. The minimum atomic E-state index is -1.14. The lowest BCUT2D eigenvalue weighted by Gasteiger charge is -2.12. The monoisotopic (exact) mass is 410 g/mol. The Morgan fingerprint density at radius 1 is 0.966 bits per heavy atom. The molecule has 0 aliphatic carbocycles. The van der Waals surface area contributed by atoms with Crippen LogP contribution in [0.2, 0.25) is 0 Å². The summed E-state index contributed by atoms with van der Waals surface area (Å²) in [4.78, 5) is 51.2. The number of benzene rings is 1. The molecule has 12 nitrogen and oxygen atoms in total. The average molecular weight is 410 g/mol. The van der Waals surface area contributed by atoms with Crippen LogP contribution < -0.4 is 16.9 Å². The first-order chi connectivity index (χ1) is 13.6. The Bertz CT molecular complexity index is 733. The molecule has 158 valence electrons. The second kappa shape index (κ2) is 13.5. The van der Waals surface area contributed by atoms with Crippen molar-refractivity contribution in [2.45, 2.75) is 12.5 Å². The van der Waals surface area contributed by atoms with Crippen LogP contribution in [0.15, 0.2) is 42.5 Å². The Balaban J connectivity index is 0.000000442. The maximum absolute atomic E-state index is 10.8. The molecule has 0 fully saturated rings. The maximum atomic E-state index is 10.8. The van der Waals surface area contributed by atoms with Gasteiger partial charge in [-0.25, -0.2) is 10.4 Å². The number of aliphatic carboxylic acids is 3. The van der Waals surface area contributed by atoms with Gasteiger partial charge in [0.05, 0.1) is 6.54 Å². The zero-order chi connectivity index (χ0) is 22.4. The Kier molecular flexibility index (Phi) is 11.9. The fourth-order valence-corrected chi connectivity index (χ4v) is 1.66. The van der Waals surface area contributed by atoms with Crippen molar-refractivity contribution in [1.29, 1.82) is 0 Å². The van der Waals surface area contributed by atoms with E-state index in [9.17, 15) is 24.0 Å². The second-order valence-electron chi connectivity index (χ2n) is 5.31. The van der Waals surface area contributed by atoms with Gasteiger partial charge in [-0.1, -0.05) is 30.3 Å². The smallest absolute Gasteiger partial charge is 0.320 e. The molecule has 0 radical (unpaired) electrons. The summed E-state index contributed by atoms with van der Waals surface area (Å²) in [6.45, 7) is -0.737. The molecule has 0 aromatic heterocycles. The van der Waals surface area contributed by atoms with Crippen LogP contribution in [-0.4, -0.2) is 69.2 Å². The van der Waals surface area contributed by atoms with Crippen molar-refractivity contribution in [2.24, 2.45) is 11.5 Å². The molecule has 1 heterocycles. The second-order valence-corrected chi connectivity index (χ2v) is 5.31. The summed E-state index contributed by atoms with van der Waals surface area (Å²) in [5.41, 5.74) is 13.0. The van der Waals surface area contributed by atoms with E-state index in [0.717, 1.165) is 17.7 Å². The lowest BCUT2D eigenvalue weighted by molar-refractivity contribution is -0.143. The zero-order valence-corrected chi connectivity index (χ0v) is 15.2. The Morgan fingerprint density at radius 2 is 1.45 bits per heavy atom. The van der Waals surface area contributed by atoms with Crippen molar-refractivity contribution in [1.82, 2.24) is 10.4 Å². The molecule has 1 atom stereocenters. The van der Waals surface area contributed by atoms with Crippen LogP contribution in [-0.2, 0) is 30.4 Å². The first-order valence-corrected chi connectivity index (χ1v) is 8.04. The van der Waals surface area contributed by atoms with Gasteiger partial charge < -0.3 is 26.8 Å². The molecular formula is C17H22N4O8. The van der Waals surface area contributed by atoms with Crippen molar-refractivity contribution in [2.75, 3.05) is 13.1 Å². The van der Waals surface area contributed by atoms with Crippen LogP contribution >= 0.6 is 0 Å². The molecule has 29 heavy (non-hydrogen) atoms. The van der Waals surface area contributed by atoms with Gasteiger partial charge in [-0.3, -0.25) is 24.0 Å². The van der Waals surface area contributed by atoms with E-state index in [4.69, 9.17) is 21.1 Å². The number of nitrogens with two attached hydrogens (primary N) is 2. The predicted molar refractivity (Wildman–Crippen MR) is 99.1 cm³/mol. The van der Waals surface area contributed by atoms with Gasteiger partial charge in [0.15, 0.2) is 0 Å². The van der Waals surface area contributed by atoms with Crippen LogP contribution in [0.4, 0.5) is 0 Å². The van der Waals surface area contributed by atoms with Gasteiger partial charge in [0, 0.05) is 12.2 Å². The molecule has 1 unspecified atom stereocenters. The predicted octanol–water partition coefficient (Wildman–Crippen LogP) is -1.83. The minimum absolute atomic E-state index is 0.278. The number of carboxylic acids is 3. The summed E-state index contributed by atoms with van der Waals surface area (Å²) in [6, 6.07) is 8.54. The first-order valence-electron chi connectivity index (χ1n) is 8.04.